The summed E-state index contributed by atoms with van der Waals surface area (Å²) in [5.41, 5.74) is 0. The van der Waals surface area contributed by atoms with E-state index in [9.17, 15) is 0 Å². The van der Waals surface area contributed by atoms with E-state index in [1.165, 1.54) is 0 Å². The summed E-state index contributed by atoms with van der Waals surface area (Å²) in [5, 5.41) is 17.3. The van der Waals surface area contributed by atoms with Crippen LogP contribution in [0.15, 0.2) is 79.4 Å². The van der Waals surface area contributed by atoms with Crippen molar-refractivity contribution in [2.45, 2.75) is 0 Å². The van der Waals surface area contributed by atoms with E-state index in [0.29, 0.717) is 11.5 Å². The lowest BCUT2D eigenvalue weighted by molar-refractivity contribution is 0.475. The standard InChI is InChI=1S/2C6H6O.C3H4N2/c2*7-6-4-2-1-3-5-6;1-2-5-3-4-1/h2*1-5,7H;1-3H,(H,4,5). The van der Waals surface area contributed by atoms with Crippen LogP contribution in [-0.4, -0.2) is 20.2 Å². The molecule has 3 rings (SSSR count). The van der Waals surface area contributed by atoms with Crippen LogP contribution in [0.5, 0.6) is 11.5 Å². The number of para-hydroxylation sites is 2. The maximum absolute atomic E-state index is 8.63. The van der Waals surface area contributed by atoms with Crippen molar-refractivity contribution in [2.24, 2.45) is 0 Å². The molecule has 19 heavy (non-hydrogen) atoms. The minimum absolute atomic E-state index is 0.322. The van der Waals surface area contributed by atoms with E-state index in [2.05, 4.69) is 9.97 Å². The smallest absolute Gasteiger partial charge is 0.115 e. The first-order chi connectivity index (χ1) is 9.29. The quantitative estimate of drug-likeness (QED) is 0.578. The Kier molecular flexibility index (Phi) is 7.00. The Morgan fingerprint density at radius 1 is 0.737 bits per heavy atom. The Morgan fingerprint density at radius 2 is 1.21 bits per heavy atom. The van der Waals surface area contributed by atoms with Crippen LogP contribution in [-0.2, 0) is 0 Å². The van der Waals surface area contributed by atoms with Crippen LogP contribution in [0.1, 0.15) is 0 Å². The van der Waals surface area contributed by atoms with Crippen LogP contribution in [0.3, 0.4) is 0 Å². The van der Waals surface area contributed by atoms with E-state index in [0.717, 1.165) is 0 Å². The summed E-state index contributed by atoms with van der Waals surface area (Å²) in [6.45, 7) is 0. The van der Waals surface area contributed by atoms with Gasteiger partial charge in [0.1, 0.15) is 11.5 Å². The van der Waals surface area contributed by atoms with Crippen LogP contribution < -0.4 is 0 Å². The predicted octanol–water partition coefficient (Wildman–Crippen LogP) is 3.19. The molecule has 98 valence electrons. The van der Waals surface area contributed by atoms with Gasteiger partial charge in [-0.15, -0.1) is 0 Å². The molecule has 0 unspecified atom stereocenters. The number of rotatable bonds is 0. The lowest BCUT2D eigenvalue weighted by Crippen LogP contribution is -1.56. The minimum atomic E-state index is 0.322. The highest BCUT2D eigenvalue weighted by Gasteiger charge is 1.75. The lowest BCUT2D eigenvalue weighted by Gasteiger charge is -1.82. The number of H-pyrrole nitrogens is 1. The fourth-order valence-electron chi connectivity index (χ4n) is 1.07. The molecule has 3 aromatic rings. The zero-order valence-corrected chi connectivity index (χ0v) is 10.3. The number of nitrogens with one attached hydrogen (secondary N) is 1. The van der Waals surface area contributed by atoms with E-state index >= 15 is 0 Å². The second-order valence-electron chi connectivity index (χ2n) is 3.43. The molecule has 0 saturated heterocycles. The van der Waals surface area contributed by atoms with Gasteiger partial charge in [0.25, 0.3) is 0 Å². The first-order valence-electron chi connectivity index (χ1n) is 5.70. The molecule has 0 saturated carbocycles. The summed E-state index contributed by atoms with van der Waals surface area (Å²) in [5.74, 6) is 0.644. The van der Waals surface area contributed by atoms with Gasteiger partial charge in [-0.25, -0.2) is 4.98 Å². The van der Waals surface area contributed by atoms with Gasteiger partial charge in [-0.05, 0) is 24.3 Å². The Hall–Kier alpha value is -2.75. The largest absolute Gasteiger partial charge is 0.508 e. The van der Waals surface area contributed by atoms with Gasteiger partial charge < -0.3 is 15.2 Å². The highest BCUT2D eigenvalue weighted by molar-refractivity contribution is 5.19. The van der Waals surface area contributed by atoms with Gasteiger partial charge in [0, 0.05) is 12.4 Å². The molecule has 0 aliphatic heterocycles. The van der Waals surface area contributed by atoms with Gasteiger partial charge >= 0.3 is 0 Å². The molecule has 0 bridgehead atoms. The molecule has 0 aliphatic rings. The SMILES string of the molecule is Oc1ccccc1.Oc1ccccc1.c1c[nH]cn1. The maximum atomic E-state index is 8.63. The van der Waals surface area contributed by atoms with Crippen LogP contribution in [0, 0.1) is 0 Å². The summed E-state index contributed by atoms with van der Waals surface area (Å²) >= 11 is 0. The molecule has 1 heterocycles. The molecule has 4 heteroatoms. The molecule has 0 spiro atoms. The van der Waals surface area contributed by atoms with Gasteiger partial charge in [0.2, 0.25) is 0 Å². The number of phenolic OH excluding ortho intramolecular Hbond substituents is 2. The number of aromatic nitrogens is 2. The zero-order chi connectivity index (χ0) is 13.8. The van der Waals surface area contributed by atoms with Crippen LogP contribution in [0.25, 0.3) is 0 Å². The topological polar surface area (TPSA) is 69.1 Å². The fraction of sp³-hybridized carbons (Fsp3) is 0. The third kappa shape index (κ3) is 8.04. The molecule has 4 nitrogen and oxygen atoms in total. The monoisotopic (exact) mass is 256 g/mol. The van der Waals surface area contributed by atoms with Crippen molar-refractivity contribution >= 4 is 0 Å². The highest BCUT2D eigenvalue weighted by atomic mass is 16.3. The molecule has 0 aliphatic carbocycles. The average Bonchev–Trinajstić information content (AvgIpc) is 3.00. The molecular weight excluding hydrogens is 240 g/mol. The lowest BCUT2D eigenvalue weighted by atomic mass is 10.3. The molecule has 2 aromatic carbocycles. The van der Waals surface area contributed by atoms with Gasteiger partial charge in [-0.2, -0.15) is 0 Å². The van der Waals surface area contributed by atoms with Gasteiger partial charge in [0.15, 0.2) is 0 Å². The van der Waals surface area contributed by atoms with Crippen LogP contribution >= 0.6 is 0 Å². The van der Waals surface area contributed by atoms with Gasteiger partial charge in [-0.3, -0.25) is 0 Å². The van der Waals surface area contributed by atoms with Crippen LogP contribution in [0.2, 0.25) is 0 Å². The Balaban J connectivity index is 0.000000145. The molecule has 0 radical (unpaired) electrons. The molecule has 1 aromatic heterocycles. The molecule has 0 amide bonds. The number of aromatic amines is 1. The van der Waals surface area contributed by atoms with Gasteiger partial charge in [-0.1, -0.05) is 36.4 Å². The van der Waals surface area contributed by atoms with E-state index in [-0.39, 0.29) is 0 Å². The number of hydrogen-bond acceptors (Lipinski definition) is 3. The van der Waals surface area contributed by atoms with Crippen molar-refractivity contribution in [3.8, 4) is 11.5 Å². The Morgan fingerprint density at radius 3 is 1.37 bits per heavy atom. The summed E-state index contributed by atoms with van der Waals surface area (Å²) in [4.78, 5) is 6.42. The average molecular weight is 256 g/mol. The number of nitrogens with zero attached hydrogens (tertiary/aromatic N) is 1. The normalized spacial score (nSPS) is 8.42. The number of hydrogen-bond donors (Lipinski definition) is 3. The third-order valence-corrected chi connectivity index (χ3v) is 1.92. The molecule has 3 N–H and O–H groups in total. The number of aromatic hydroxyl groups is 2. The van der Waals surface area contributed by atoms with Crippen molar-refractivity contribution < 1.29 is 10.2 Å². The molecule has 0 atom stereocenters. The number of imidazole rings is 1. The maximum Gasteiger partial charge on any atom is 0.115 e. The van der Waals surface area contributed by atoms with E-state index in [1.54, 1.807) is 67.3 Å². The third-order valence-electron chi connectivity index (χ3n) is 1.92. The van der Waals surface area contributed by atoms with Crippen molar-refractivity contribution in [1.82, 2.24) is 9.97 Å². The summed E-state index contributed by atoms with van der Waals surface area (Å²) < 4.78 is 0. The fourth-order valence-corrected chi connectivity index (χ4v) is 1.07. The van der Waals surface area contributed by atoms with Gasteiger partial charge in [0.05, 0.1) is 6.33 Å². The highest BCUT2D eigenvalue weighted by Crippen LogP contribution is 2.03. The second kappa shape index (κ2) is 9.30. The predicted molar refractivity (Wildman–Crippen MR) is 74.8 cm³/mol. The van der Waals surface area contributed by atoms with Crippen molar-refractivity contribution in [3.63, 3.8) is 0 Å². The number of phenols is 2. The zero-order valence-electron chi connectivity index (χ0n) is 10.3. The van der Waals surface area contributed by atoms with Crippen molar-refractivity contribution in [3.05, 3.63) is 79.4 Å². The van der Waals surface area contributed by atoms with Crippen LogP contribution in [0.4, 0.5) is 0 Å². The van der Waals surface area contributed by atoms with Crippen molar-refractivity contribution in [1.29, 1.82) is 0 Å². The Bertz CT molecular complexity index is 456. The minimum Gasteiger partial charge on any atom is -0.508 e. The molecular formula is C15H16N2O2. The molecule has 0 fully saturated rings. The number of benzene rings is 2. The van der Waals surface area contributed by atoms with E-state index < -0.39 is 0 Å². The Labute approximate surface area is 112 Å². The van der Waals surface area contributed by atoms with E-state index in [1.807, 2.05) is 12.1 Å². The first kappa shape index (κ1) is 14.3. The first-order valence-corrected chi connectivity index (χ1v) is 5.70. The summed E-state index contributed by atoms with van der Waals surface area (Å²) in [7, 11) is 0. The van der Waals surface area contributed by atoms with Crippen molar-refractivity contribution in [2.75, 3.05) is 0 Å². The van der Waals surface area contributed by atoms with E-state index in [4.69, 9.17) is 10.2 Å². The summed E-state index contributed by atoms with van der Waals surface area (Å²) in [6.07, 6.45) is 5.08. The summed E-state index contributed by atoms with van der Waals surface area (Å²) in [6, 6.07) is 17.4. The second-order valence-corrected chi connectivity index (χ2v) is 3.43.